The van der Waals surface area contributed by atoms with Gasteiger partial charge >= 0.3 is 0 Å². The lowest BCUT2D eigenvalue weighted by Crippen LogP contribution is -2.07. The Bertz CT molecular complexity index is 430. The zero-order valence-corrected chi connectivity index (χ0v) is 12.7. The Morgan fingerprint density at radius 3 is 2.83 bits per heavy atom. The molecule has 0 radical (unpaired) electrons. The first-order valence-corrected chi connectivity index (χ1v) is 8.79. The first-order valence-electron chi connectivity index (χ1n) is 5.81. The van der Waals surface area contributed by atoms with Gasteiger partial charge in [-0.2, -0.15) is 0 Å². The predicted molar refractivity (Wildman–Crippen MR) is 85.3 cm³/mol. The fourth-order valence-corrected chi connectivity index (χ4v) is 6.07. The summed E-state index contributed by atoms with van der Waals surface area (Å²) in [5, 5.41) is 0.692. The lowest BCUT2D eigenvalue weighted by atomic mass is 10.2. The summed E-state index contributed by atoms with van der Waals surface area (Å²) in [6, 6.07) is 10.6. The lowest BCUT2D eigenvalue weighted by Gasteiger charge is -2.10. The van der Waals surface area contributed by atoms with Gasteiger partial charge in [-0.25, -0.2) is 0 Å². The molecule has 1 nitrogen and oxygen atoms in total. The van der Waals surface area contributed by atoms with Gasteiger partial charge in [-0.1, -0.05) is 48.7 Å². The van der Waals surface area contributed by atoms with E-state index in [2.05, 4.69) is 30.8 Å². The molecule has 2 unspecified atom stereocenters. The lowest BCUT2D eigenvalue weighted by molar-refractivity contribution is -0.107. The minimum Gasteiger partial charge on any atom is -0.282 e. The van der Waals surface area contributed by atoms with Gasteiger partial charge in [0.1, 0.15) is 0 Å². The van der Waals surface area contributed by atoms with Gasteiger partial charge in [0.15, 0.2) is 0 Å². The molecular formula is C14H16OS3. The number of rotatable bonds is 4. The van der Waals surface area contributed by atoms with E-state index in [0.717, 1.165) is 11.5 Å². The Morgan fingerprint density at radius 2 is 2.17 bits per heavy atom. The molecule has 0 aliphatic carbocycles. The quantitative estimate of drug-likeness (QED) is 0.767. The topological polar surface area (TPSA) is 17.1 Å². The van der Waals surface area contributed by atoms with Crippen LogP contribution in [0.1, 0.15) is 17.1 Å². The van der Waals surface area contributed by atoms with Crippen molar-refractivity contribution in [3.8, 4) is 0 Å². The second kappa shape index (κ2) is 6.73. The summed E-state index contributed by atoms with van der Waals surface area (Å²) in [5.74, 6) is 2.02. The van der Waals surface area contributed by atoms with Crippen LogP contribution >= 0.6 is 35.3 Å². The highest BCUT2D eigenvalue weighted by molar-refractivity contribution is 8.21. The third-order valence-electron chi connectivity index (χ3n) is 2.57. The standard InChI is InChI=1S/C14H16OS3/c1-10(2)13(15)16-8-12-9-17-14(18-12)11-6-4-3-5-7-11/h3-7,12,14H,1,8-9H2,2H3. The third kappa shape index (κ3) is 3.84. The smallest absolute Gasteiger partial charge is 0.214 e. The SMILES string of the molecule is C=C(C)C(=O)SCC1CSC(c2ccccc2)S1. The molecule has 1 aliphatic rings. The molecule has 1 aromatic carbocycles. The Kier molecular flexibility index (Phi) is 5.27. The van der Waals surface area contributed by atoms with Crippen LogP contribution in [0.2, 0.25) is 0 Å². The van der Waals surface area contributed by atoms with Crippen molar-refractivity contribution < 1.29 is 4.79 Å². The molecule has 4 heteroatoms. The Balaban J connectivity index is 1.82. The van der Waals surface area contributed by atoms with E-state index in [-0.39, 0.29) is 5.12 Å². The summed E-state index contributed by atoms with van der Waals surface area (Å²) in [5.41, 5.74) is 2.03. The Labute approximate surface area is 121 Å². The van der Waals surface area contributed by atoms with Crippen molar-refractivity contribution in [2.45, 2.75) is 16.8 Å². The minimum atomic E-state index is 0.128. The maximum absolute atomic E-state index is 11.5. The van der Waals surface area contributed by atoms with E-state index < -0.39 is 0 Å². The number of carbonyl (C=O) groups is 1. The van der Waals surface area contributed by atoms with Crippen molar-refractivity contribution in [1.82, 2.24) is 0 Å². The summed E-state index contributed by atoms with van der Waals surface area (Å²) in [7, 11) is 0. The van der Waals surface area contributed by atoms with Crippen molar-refractivity contribution >= 4 is 40.4 Å². The first kappa shape index (κ1) is 14.1. The van der Waals surface area contributed by atoms with Gasteiger partial charge in [0.25, 0.3) is 0 Å². The summed E-state index contributed by atoms with van der Waals surface area (Å²) < 4.78 is 0.525. The highest BCUT2D eigenvalue weighted by atomic mass is 32.2. The summed E-state index contributed by atoms with van der Waals surface area (Å²) in [6.45, 7) is 5.46. The molecule has 0 spiro atoms. The van der Waals surface area contributed by atoms with Crippen molar-refractivity contribution in [1.29, 1.82) is 0 Å². The van der Waals surface area contributed by atoms with Crippen LogP contribution in [0, 0.1) is 0 Å². The number of hydrogen-bond donors (Lipinski definition) is 0. The van der Waals surface area contributed by atoms with Crippen LogP contribution in [0.15, 0.2) is 42.5 Å². The summed E-state index contributed by atoms with van der Waals surface area (Å²) >= 11 is 5.36. The second-order valence-corrected chi connectivity index (χ2v) is 8.05. The molecule has 0 amide bonds. The van der Waals surface area contributed by atoms with Crippen LogP contribution in [0.25, 0.3) is 0 Å². The average Bonchev–Trinajstić information content (AvgIpc) is 2.85. The molecule has 1 aliphatic heterocycles. The van der Waals surface area contributed by atoms with Crippen LogP contribution in [-0.4, -0.2) is 21.9 Å². The van der Waals surface area contributed by atoms with Crippen LogP contribution in [0.3, 0.4) is 0 Å². The van der Waals surface area contributed by atoms with Gasteiger partial charge in [0.05, 0.1) is 4.58 Å². The maximum Gasteiger partial charge on any atom is 0.214 e. The number of thioether (sulfide) groups is 3. The van der Waals surface area contributed by atoms with Gasteiger partial charge in [-0.05, 0) is 18.1 Å². The molecule has 96 valence electrons. The fourth-order valence-electron chi connectivity index (χ4n) is 1.61. The van der Waals surface area contributed by atoms with Crippen LogP contribution in [0.4, 0.5) is 0 Å². The van der Waals surface area contributed by atoms with E-state index in [0.29, 0.717) is 15.4 Å². The molecular weight excluding hydrogens is 280 g/mol. The molecule has 0 aromatic heterocycles. The molecule has 1 fully saturated rings. The molecule has 18 heavy (non-hydrogen) atoms. The molecule has 0 N–H and O–H groups in total. The maximum atomic E-state index is 11.5. The van der Waals surface area contributed by atoms with Gasteiger partial charge < -0.3 is 0 Å². The van der Waals surface area contributed by atoms with Crippen LogP contribution in [-0.2, 0) is 4.79 Å². The van der Waals surface area contributed by atoms with Crippen LogP contribution < -0.4 is 0 Å². The number of hydrogen-bond acceptors (Lipinski definition) is 4. The van der Waals surface area contributed by atoms with Gasteiger partial charge in [0, 0.05) is 16.8 Å². The monoisotopic (exact) mass is 296 g/mol. The number of benzene rings is 1. The Morgan fingerprint density at radius 1 is 1.44 bits per heavy atom. The molecule has 2 rings (SSSR count). The molecule has 2 atom stereocenters. The average molecular weight is 296 g/mol. The van der Waals surface area contributed by atoms with E-state index in [1.165, 1.54) is 17.3 Å². The van der Waals surface area contributed by atoms with Crippen LogP contribution in [0.5, 0.6) is 0 Å². The predicted octanol–water partition coefficient (Wildman–Crippen LogP) is 4.37. The van der Waals surface area contributed by atoms with Gasteiger partial charge in [-0.3, -0.25) is 4.79 Å². The highest BCUT2D eigenvalue weighted by Crippen LogP contribution is 2.49. The zero-order valence-electron chi connectivity index (χ0n) is 10.3. The van der Waals surface area contributed by atoms with Gasteiger partial charge in [0.2, 0.25) is 5.12 Å². The minimum absolute atomic E-state index is 0.128. The largest absolute Gasteiger partial charge is 0.282 e. The van der Waals surface area contributed by atoms with E-state index in [4.69, 9.17) is 0 Å². The second-order valence-electron chi connectivity index (χ2n) is 4.21. The van der Waals surface area contributed by atoms with Crippen molar-refractivity contribution in [2.24, 2.45) is 0 Å². The van der Waals surface area contributed by atoms with Gasteiger partial charge in [-0.15, -0.1) is 23.5 Å². The normalized spacial score (nSPS) is 22.9. The Hall–Kier alpha value is -0.320. The molecule has 1 aromatic rings. The molecule has 1 heterocycles. The van der Waals surface area contributed by atoms with E-state index in [1.807, 2.05) is 29.6 Å². The van der Waals surface area contributed by atoms with E-state index in [1.54, 1.807) is 6.92 Å². The van der Waals surface area contributed by atoms with E-state index in [9.17, 15) is 4.79 Å². The molecule has 0 saturated carbocycles. The zero-order chi connectivity index (χ0) is 13.0. The van der Waals surface area contributed by atoms with Crippen molar-refractivity contribution in [3.63, 3.8) is 0 Å². The third-order valence-corrected chi connectivity index (χ3v) is 7.32. The van der Waals surface area contributed by atoms with Crippen molar-refractivity contribution in [2.75, 3.05) is 11.5 Å². The summed E-state index contributed by atoms with van der Waals surface area (Å²) in [6.07, 6.45) is 0. The molecule has 0 bridgehead atoms. The highest BCUT2D eigenvalue weighted by Gasteiger charge is 2.27. The van der Waals surface area contributed by atoms with E-state index >= 15 is 0 Å². The fraction of sp³-hybridized carbons (Fsp3) is 0.357. The first-order chi connectivity index (χ1) is 8.66. The van der Waals surface area contributed by atoms with Crippen molar-refractivity contribution in [3.05, 3.63) is 48.0 Å². The number of carbonyl (C=O) groups excluding carboxylic acids is 1. The molecule has 1 saturated heterocycles. The summed E-state index contributed by atoms with van der Waals surface area (Å²) in [4.78, 5) is 11.5.